The fraction of sp³-hybridized carbons (Fsp3) is 0.333. The van der Waals surface area contributed by atoms with Gasteiger partial charge in [-0.2, -0.15) is 10.1 Å². The molecule has 9 nitrogen and oxygen atoms in total. The van der Waals surface area contributed by atoms with E-state index >= 15 is 0 Å². The fourth-order valence-corrected chi connectivity index (χ4v) is 1.39. The molecule has 9 heteroatoms. The van der Waals surface area contributed by atoms with E-state index in [1.165, 1.54) is 13.2 Å². The van der Waals surface area contributed by atoms with Gasteiger partial charge in [0.15, 0.2) is 5.69 Å². The number of rotatable bonds is 4. The molecule has 0 aliphatic heterocycles. The van der Waals surface area contributed by atoms with Crippen LogP contribution >= 0.6 is 0 Å². The summed E-state index contributed by atoms with van der Waals surface area (Å²) >= 11 is 0. The van der Waals surface area contributed by atoms with Crippen LogP contribution in [0.25, 0.3) is 0 Å². The Morgan fingerprint density at radius 2 is 2.44 bits per heavy atom. The van der Waals surface area contributed by atoms with Crippen molar-refractivity contribution in [2.45, 2.75) is 13.5 Å². The van der Waals surface area contributed by atoms with E-state index in [0.29, 0.717) is 17.2 Å². The molecule has 0 bridgehead atoms. The number of aromatic amines is 1. The third kappa shape index (κ3) is 2.10. The van der Waals surface area contributed by atoms with E-state index in [-0.39, 0.29) is 12.4 Å². The lowest BCUT2D eigenvalue weighted by atomic mass is 10.4. The highest BCUT2D eigenvalue weighted by molar-refractivity contribution is 5.89. The largest absolute Gasteiger partial charge is 0.351 e. The van der Waals surface area contributed by atoms with E-state index in [1.54, 1.807) is 11.6 Å². The van der Waals surface area contributed by atoms with Gasteiger partial charge in [0.25, 0.3) is 0 Å². The minimum atomic E-state index is -0.447. The molecule has 0 saturated heterocycles. The number of nitrogens with one attached hydrogen (secondary N) is 2. The number of hydrogen-bond acceptors (Lipinski definition) is 6. The van der Waals surface area contributed by atoms with E-state index in [1.807, 2.05) is 0 Å². The van der Waals surface area contributed by atoms with Crippen molar-refractivity contribution in [1.29, 1.82) is 0 Å². The average molecular weight is 251 g/mol. The van der Waals surface area contributed by atoms with E-state index < -0.39 is 5.91 Å². The zero-order valence-corrected chi connectivity index (χ0v) is 9.80. The smallest absolute Gasteiger partial charge is 0.316 e. The topological polar surface area (TPSA) is 117 Å². The lowest BCUT2D eigenvalue weighted by Crippen LogP contribution is -2.39. The van der Waals surface area contributed by atoms with Crippen LogP contribution in [-0.2, 0) is 6.54 Å². The first kappa shape index (κ1) is 11.9. The number of carbonyl (C=O) groups excluding carboxylic acids is 1. The molecular formula is C9H11N6O3+. The van der Waals surface area contributed by atoms with Gasteiger partial charge in [0.2, 0.25) is 18.1 Å². The number of H-pyrrole nitrogens is 1. The van der Waals surface area contributed by atoms with Crippen molar-refractivity contribution < 1.29 is 14.0 Å². The van der Waals surface area contributed by atoms with E-state index in [4.69, 9.17) is 4.52 Å². The highest BCUT2D eigenvalue weighted by Gasteiger charge is 2.20. The Morgan fingerprint density at radius 1 is 1.67 bits per heavy atom. The Bertz CT molecular complexity index is 587. The van der Waals surface area contributed by atoms with Crippen molar-refractivity contribution in [2.75, 3.05) is 7.05 Å². The van der Waals surface area contributed by atoms with Gasteiger partial charge in [-0.25, -0.2) is 0 Å². The fourth-order valence-electron chi connectivity index (χ4n) is 1.39. The maximum Gasteiger partial charge on any atom is 0.316 e. The summed E-state index contributed by atoms with van der Waals surface area (Å²) in [7, 11) is 1.47. The average Bonchev–Trinajstić information content (AvgIpc) is 2.97. The third-order valence-electron chi connectivity index (χ3n) is 2.42. The molecule has 0 atom stereocenters. The number of hydrogen-bond donors (Lipinski definition) is 2. The van der Waals surface area contributed by atoms with Crippen molar-refractivity contribution in [2.24, 2.45) is 5.18 Å². The molecule has 0 unspecified atom stereocenters. The standard InChI is InChI=1S/C9H10N6O3/c1-5-6(13-17)3-11-15(5)4-7-12-9(18-14-7)8(16)10-2/h3H,4H2,1-2H3,(H,10,16)/p+1. The van der Waals surface area contributed by atoms with Crippen LogP contribution in [0.3, 0.4) is 0 Å². The van der Waals surface area contributed by atoms with Gasteiger partial charge >= 0.3 is 11.8 Å². The summed E-state index contributed by atoms with van der Waals surface area (Å²) in [5.41, 5.74) is 0.960. The van der Waals surface area contributed by atoms with Gasteiger partial charge in [-0.15, -0.1) is 9.59 Å². The van der Waals surface area contributed by atoms with Gasteiger partial charge in [-0.05, 0) is 5.18 Å². The maximum absolute atomic E-state index is 11.2. The zero-order chi connectivity index (χ0) is 13.1. The molecule has 1 amide bonds. The molecule has 94 valence electrons. The molecular weight excluding hydrogens is 240 g/mol. The summed E-state index contributed by atoms with van der Waals surface area (Å²) < 4.78 is 6.40. The van der Waals surface area contributed by atoms with Crippen LogP contribution in [-0.4, -0.2) is 28.2 Å². The van der Waals surface area contributed by atoms with Crippen molar-refractivity contribution >= 4 is 11.6 Å². The monoisotopic (exact) mass is 251 g/mol. The van der Waals surface area contributed by atoms with Gasteiger partial charge in [0, 0.05) is 14.0 Å². The normalized spacial score (nSPS) is 10.3. The molecule has 2 aromatic rings. The molecule has 0 radical (unpaired) electrons. The minimum absolute atomic E-state index is 0.106. The molecule has 2 rings (SSSR count). The van der Waals surface area contributed by atoms with Gasteiger partial charge in [-0.1, -0.05) is 5.16 Å². The minimum Gasteiger partial charge on any atom is -0.351 e. The highest BCUT2D eigenvalue weighted by Crippen LogP contribution is 2.12. The van der Waals surface area contributed by atoms with E-state index in [9.17, 15) is 9.70 Å². The van der Waals surface area contributed by atoms with Gasteiger partial charge in [0.1, 0.15) is 0 Å². The predicted octanol–water partition coefficient (Wildman–Crippen LogP) is -0.201. The second kappa shape index (κ2) is 4.73. The first-order valence-corrected chi connectivity index (χ1v) is 5.11. The van der Waals surface area contributed by atoms with Crippen molar-refractivity contribution in [3.8, 4) is 0 Å². The second-order valence-corrected chi connectivity index (χ2v) is 3.52. The van der Waals surface area contributed by atoms with Gasteiger partial charge in [0.05, 0.1) is 6.20 Å². The number of aromatic nitrogens is 4. The van der Waals surface area contributed by atoms with Crippen molar-refractivity contribution in [1.82, 2.24) is 20.6 Å². The number of amides is 1. The van der Waals surface area contributed by atoms with Crippen molar-refractivity contribution in [3.63, 3.8) is 0 Å². The molecule has 0 spiro atoms. The molecule has 0 aromatic carbocycles. The maximum atomic E-state index is 11.2. The van der Waals surface area contributed by atoms with E-state index in [0.717, 1.165) is 0 Å². The molecule has 18 heavy (non-hydrogen) atoms. The molecule has 0 fully saturated rings. The summed E-state index contributed by atoms with van der Waals surface area (Å²) in [5.74, 6) is -0.232. The zero-order valence-electron chi connectivity index (χ0n) is 9.80. The molecule has 2 N–H and O–H groups in total. The Morgan fingerprint density at radius 3 is 3.06 bits per heavy atom. The summed E-state index contributed by atoms with van der Waals surface area (Å²) in [6, 6.07) is 0. The molecule has 0 aliphatic carbocycles. The lowest BCUT2D eigenvalue weighted by molar-refractivity contribution is -0.748. The number of nitroso groups, excluding NO2 is 1. The molecule has 2 heterocycles. The Kier molecular flexibility index (Phi) is 3.13. The SMILES string of the molecule is CNC(=O)c1nc(C[n+]2[nH]cc(N=O)c2C)no1. The first-order chi connectivity index (χ1) is 8.65. The number of carbonyl (C=O) groups is 1. The van der Waals surface area contributed by atoms with Gasteiger partial charge in [-0.3, -0.25) is 4.79 Å². The quantitative estimate of drug-likeness (QED) is 0.576. The second-order valence-electron chi connectivity index (χ2n) is 3.52. The van der Waals surface area contributed by atoms with Crippen LogP contribution in [0, 0.1) is 11.8 Å². The highest BCUT2D eigenvalue weighted by atomic mass is 16.5. The summed E-state index contributed by atoms with van der Waals surface area (Å²) in [5, 5.41) is 11.7. The summed E-state index contributed by atoms with van der Waals surface area (Å²) in [6.45, 7) is 1.98. The predicted molar refractivity (Wildman–Crippen MR) is 58.0 cm³/mol. The van der Waals surface area contributed by atoms with E-state index in [2.05, 4.69) is 25.7 Å². The van der Waals surface area contributed by atoms with Crippen LogP contribution in [0.1, 0.15) is 22.2 Å². The summed E-state index contributed by atoms with van der Waals surface area (Å²) in [4.78, 5) is 25.6. The Labute approximate surface area is 101 Å². The van der Waals surface area contributed by atoms with Crippen molar-refractivity contribution in [3.05, 3.63) is 28.5 Å². The van der Waals surface area contributed by atoms with Crippen LogP contribution in [0.2, 0.25) is 0 Å². The van der Waals surface area contributed by atoms with Crippen LogP contribution < -0.4 is 10.00 Å². The molecule has 0 saturated carbocycles. The summed E-state index contributed by atoms with van der Waals surface area (Å²) in [6.07, 6.45) is 1.47. The third-order valence-corrected chi connectivity index (χ3v) is 2.42. The van der Waals surface area contributed by atoms with Crippen LogP contribution in [0.5, 0.6) is 0 Å². The Balaban J connectivity index is 2.18. The molecule has 0 aliphatic rings. The van der Waals surface area contributed by atoms with Crippen LogP contribution in [0.4, 0.5) is 5.69 Å². The van der Waals surface area contributed by atoms with Gasteiger partial charge < -0.3 is 9.84 Å². The first-order valence-electron chi connectivity index (χ1n) is 5.11. The van der Waals surface area contributed by atoms with Crippen LogP contribution in [0.15, 0.2) is 15.9 Å². The number of nitrogens with zero attached hydrogens (tertiary/aromatic N) is 4. The lowest BCUT2D eigenvalue weighted by Gasteiger charge is -1.89. The molecule has 2 aromatic heterocycles. The Hall–Kier alpha value is -2.58.